The molecule has 0 radical (unpaired) electrons. The Hall–Kier alpha value is -2.63. The van der Waals surface area contributed by atoms with Crippen LogP contribution in [0.4, 0.5) is 0 Å². The largest absolute Gasteiger partial charge is 0.195 e. The van der Waals surface area contributed by atoms with Crippen LogP contribution in [-0.4, -0.2) is 28.3 Å². The minimum Gasteiger partial charge on any atom is -0.195 e. The topological polar surface area (TPSA) is 0 Å². The molecule has 2 heteroatoms. The van der Waals surface area contributed by atoms with E-state index in [1.807, 2.05) is 0 Å². The summed E-state index contributed by atoms with van der Waals surface area (Å²) in [5.41, 5.74) is 6.84. The molecule has 0 saturated heterocycles. The zero-order chi connectivity index (χ0) is 28.5. The van der Waals surface area contributed by atoms with E-state index in [4.69, 9.17) is 0 Å². The molecule has 39 heavy (non-hydrogen) atoms. The van der Waals surface area contributed by atoms with Crippen LogP contribution in [-0.2, 0) is 6.42 Å². The van der Waals surface area contributed by atoms with Crippen LogP contribution in [0.15, 0.2) is 115 Å². The quantitative estimate of drug-likeness (QED) is 0.169. The molecule has 0 nitrogen and oxygen atoms in total. The smallest absolute Gasteiger partial charge is 0.108 e. The van der Waals surface area contributed by atoms with Crippen molar-refractivity contribution < 1.29 is 0 Å². The highest BCUT2D eigenvalue weighted by molar-refractivity contribution is 7.79. The standard InChI is InChI=1S/C37H48BP/c1-35(2,3)39(9,36(4,5)6)37(7,8)29-30-25-27-34(28-26-30)38(31-19-13-10-14-20-31,32-21-15-11-16-22-32)33-23-17-12-18-24-33/h10-28H,29H2,1-9H3. The highest BCUT2D eigenvalue weighted by atomic mass is 31.2. The molecule has 0 N–H and O–H groups in total. The normalized spacial score (nSPS) is 13.4. The van der Waals surface area contributed by atoms with Gasteiger partial charge >= 0.3 is 0 Å². The average molecular weight is 535 g/mol. The van der Waals surface area contributed by atoms with Crippen molar-refractivity contribution >= 4 is 35.3 Å². The number of rotatable bonds is 7. The van der Waals surface area contributed by atoms with Crippen LogP contribution in [0.25, 0.3) is 0 Å². The van der Waals surface area contributed by atoms with Gasteiger partial charge < -0.3 is 0 Å². The van der Waals surface area contributed by atoms with Crippen molar-refractivity contribution in [3.05, 3.63) is 121 Å². The Bertz CT molecular complexity index is 1230. The lowest BCUT2D eigenvalue weighted by atomic mass is 9.13. The molecular weight excluding hydrogens is 486 g/mol. The van der Waals surface area contributed by atoms with Gasteiger partial charge in [-0.05, 0) is 61.0 Å². The summed E-state index contributed by atoms with van der Waals surface area (Å²) in [5.74, 6) is 0. The highest BCUT2D eigenvalue weighted by Crippen LogP contribution is 2.81. The summed E-state index contributed by atoms with van der Waals surface area (Å²) >= 11 is 0. The summed E-state index contributed by atoms with van der Waals surface area (Å²) in [6.45, 7) is 22.5. The number of hydrogen-bond acceptors (Lipinski definition) is 0. The highest BCUT2D eigenvalue weighted by Gasteiger charge is 2.62. The maximum Gasteiger partial charge on any atom is 0.108 e. The van der Waals surface area contributed by atoms with E-state index < -0.39 is 13.4 Å². The van der Waals surface area contributed by atoms with Crippen molar-refractivity contribution in [3.8, 4) is 0 Å². The molecule has 0 amide bonds. The molecule has 0 fully saturated rings. The van der Waals surface area contributed by atoms with E-state index in [2.05, 4.69) is 177 Å². The lowest BCUT2D eigenvalue weighted by molar-refractivity contribution is 0.591. The molecule has 0 spiro atoms. The van der Waals surface area contributed by atoms with Crippen LogP contribution in [0.1, 0.15) is 61.0 Å². The molecule has 0 aliphatic carbocycles. The summed E-state index contributed by atoms with van der Waals surface area (Å²) in [5, 5.41) is 0.771. The van der Waals surface area contributed by atoms with E-state index in [1.54, 1.807) is 0 Å². The van der Waals surface area contributed by atoms with E-state index in [0.29, 0.717) is 0 Å². The van der Waals surface area contributed by atoms with Crippen LogP contribution in [0.2, 0.25) is 0 Å². The summed E-state index contributed by atoms with van der Waals surface area (Å²) in [7, 11) is -1.39. The Labute approximate surface area is 239 Å². The molecule has 0 saturated carbocycles. The fourth-order valence-electron chi connectivity index (χ4n) is 7.78. The first-order valence-electron chi connectivity index (χ1n) is 14.5. The zero-order valence-electron chi connectivity index (χ0n) is 25.7. The second kappa shape index (κ2) is 10.7. The fourth-order valence-corrected chi connectivity index (χ4v) is 13.9. The molecule has 0 aliphatic heterocycles. The van der Waals surface area contributed by atoms with E-state index >= 15 is 0 Å². The Morgan fingerprint density at radius 3 is 1.08 bits per heavy atom. The first-order chi connectivity index (χ1) is 18.2. The SMILES string of the molecule is CC(C)(C)[P+](C)(C(C)(C)C)C(C)(C)Cc1ccc([B-](c2ccccc2)(c2ccccc2)c2ccccc2)cc1. The Morgan fingerprint density at radius 1 is 0.462 bits per heavy atom. The zero-order valence-corrected chi connectivity index (χ0v) is 26.6. The third-order valence-electron chi connectivity index (χ3n) is 9.91. The minimum absolute atomic E-state index is 0.214. The lowest BCUT2D eigenvalue weighted by Gasteiger charge is -2.53. The molecular formula is C37H48BP. The maximum atomic E-state index is 2.62. The van der Waals surface area contributed by atoms with Crippen LogP contribution in [0, 0.1) is 0 Å². The Kier molecular flexibility index (Phi) is 8.09. The Morgan fingerprint density at radius 2 is 0.769 bits per heavy atom. The predicted octanol–water partition coefficient (Wildman–Crippen LogP) is 7.63. The van der Waals surface area contributed by atoms with Crippen LogP contribution in [0.5, 0.6) is 0 Å². The van der Waals surface area contributed by atoms with E-state index in [-0.39, 0.29) is 15.5 Å². The summed E-state index contributed by atoms with van der Waals surface area (Å²) < 4.78 is 0. The predicted molar refractivity (Wildman–Crippen MR) is 180 cm³/mol. The van der Waals surface area contributed by atoms with Gasteiger partial charge in [0, 0.05) is 13.7 Å². The van der Waals surface area contributed by atoms with E-state index in [0.717, 1.165) is 6.42 Å². The van der Waals surface area contributed by atoms with Crippen molar-refractivity contribution in [2.75, 3.05) is 6.66 Å². The molecule has 204 valence electrons. The average Bonchev–Trinajstić information content (AvgIpc) is 2.90. The molecule has 4 rings (SSSR count). The van der Waals surface area contributed by atoms with Gasteiger partial charge in [-0.1, -0.05) is 115 Å². The van der Waals surface area contributed by atoms with Gasteiger partial charge in [0.2, 0.25) is 0 Å². The summed E-state index contributed by atoms with van der Waals surface area (Å²) in [6, 6.07) is 42.9. The van der Waals surface area contributed by atoms with Crippen molar-refractivity contribution in [3.63, 3.8) is 0 Å². The molecule has 0 aromatic heterocycles. The van der Waals surface area contributed by atoms with Gasteiger partial charge in [0.15, 0.2) is 0 Å². The van der Waals surface area contributed by atoms with Gasteiger partial charge in [0.1, 0.15) is 6.15 Å². The first kappa shape index (κ1) is 29.4. The number of hydrogen-bond donors (Lipinski definition) is 0. The summed E-state index contributed by atoms with van der Waals surface area (Å²) in [4.78, 5) is 0. The molecule has 0 atom stereocenters. The van der Waals surface area contributed by atoms with E-state index in [9.17, 15) is 0 Å². The minimum atomic E-state index is -1.39. The van der Waals surface area contributed by atoms with Crippen molar-refractivity contribution in [2.45, 2.75) is 77.3 Å². The molecule has 4 aromatic rings. The van der Waals surface area contributed by atoms with Gasteiger partial charge in [-0.25, -0.2) is 0 Å². The molecule has 0 aliphatic rings. The maximum absolute atomic E-state index is 2.62. The van der Waals surface area contributed by atoms with Crippen molar-refractivity contribution in [1.82, 2.24) is 0 Å². The van der Waals surface area contributed by atoms with Gasteiger partial charge in [-0.3, -0.25) is 0 Å². The Balaban J connectivity index is 1.87. The fraction of sp³-hybridized carbons (Fsp3) is 0.351. The van der Waals surface area contributed by atoms with Gasteiger partial charge in [-0.15, -0.1) is 0 Å². The first-order valence-corrected chi connectivity index (χ1v) is 16.8. The van der Waals surface area contributed by atoms with E-state index in [1.165, 1.54) is 27.4 Å². The van der Waals surface area contributed by atoms with Gasteiger partial charge in [-0.2, -0.15) is 21.9 Å². The van der Waals surface area contributed by atoms with Crippen molar-refractivity contribution in [2.24, 2.45) is 0 Å². The molecule has 0 unspecified atom stereocenters. The third-order valence-corrected chi connectivity index (χ3v) is 17.9. The monoisotopic (exact) mass is 534 g/mol. The lowest BCUT2D eigenvalue weighted by Crippen LogP contribution is -2.74. The van der Waals surface area contributed by atoms with Gasteiger partial charge in [0.05, 0.1) is 22.1 Å². The van der Waals surface area contributed by atoms with Crippen LogP contribution in [0.3, 0.4) is 0 Å². The van der Waals surface area contributed by atoms with Crippen molar-refractivity contribution in [1.29, 1.82) is 0 Å². The number of benzene rings is 4. The van der Waals surface area contributed by atoms with Gasteiger partial charge in [0.25, 0.3) is 0 Å². The molecule has 0 heterocycles. The summed E-state index contributed by atoms with van der Waals surface area (Å²) in [6.07, 6.45) is -0.237. The molecule has 0 bridgehead atoms. The molecule has 4 aromatic carbocycles. The van der Waals surface area contributed by atoms with Crippen LogP contribution >= 0.6 is 7.26 Å². The van der Waals surface area contributed by atoms with Crippen LogP contribution < -0.4 is 21.9 Å². The third kappa shape index (κ3) is 5.16. The second-order valence-electron chi connectivity index (χ2n) is 14.2. The second-order valence-corrected chi connectivity index (χ2v) is 20.1.